The maximum absolute atomic E-state index is 5.81. The summed E-state index contributed by atoms with van der Waals surface area (Å²) in [7, 11) is 0. The average molecular weight is 244 g/mol. The predicted molar refractivity (Wildman–Crippen MR) is 73.4 cm³/mol. The van der Waals surface area contributed by atoms with Crippen LogP contribution in [0.25, 0.3) is 0 Å². The van der Waals surface area contributed by atoms with Gasteiger partial charge in [-0.05, 0) is 56.2 Å². The van der Waals surface area contributed by atoms with Crippen LogP contribution in [0.15, 0.2) is 40.3 Å². The van der Waals surface area contributed by atoms with Gasteiger partial charge in [-0.15, -0.1) is 0 Å². The Labute approximate surface area is 106 Å². The molecular weight excluding hydrogens is 228 g/mol. The first-order valence-corrected chi connectivity index (χ1v) is 6.35. The van der Waals surface area contributed by atoms with Crippen molar-refractivity contribution in [3.63, 3.8) is 0 Å². The van der Waals surface area contributed by atoms with Gasteiger partial charge in [0.25, 0.3) is 0 Å². The van der Waals surface area contributed by atoms with Crippen molar-refractivity contribution in [1.29, 1.82) is 0 Å². The second-order valence-corrected chi connectivity index (χ2v) is 5.31. The number of nitrogen functional groups attached to an aromatic ring is 1. The van der Waals surface area contributed by atoms with Gasteiger partial charge in [-0.25, -0.2) is 4.98 Å². The van der Waals surface area contributed by atoms with Gasteiger partial charge in [0.1, 0.15) is 5.03 Å². The van der Waals surface area contributed by atoms with E-state index in [9.17, 15) is 0 Å². The van der Waals surface area contributed by atoms with E-state index in [1.54, 1.807) is 11.8 Å². The van der Waals surface area contributed by atoms with Gasteiger partial charge in [-0.2, -0.15) is 0 Å². The van der Waals surface area contributed by atoms with E-state index in [2.05, 4.69) is 31.0 Å². The maximum atomic E-state index is 5.81. The Balaban J connectivity index is 2.34. The zero-order valence-corrected chi connectivity index (χ0v) is 11.1. The highest BCUT2D eigenvalue weighted by Crippen LogP contribution is 2.30. The van der Waals surface area contributed by atoms with Gasteiger partial charge >= 0.3 is 0 Å². The number of hydrogen-bond donors (Lipinski definition) is 1. The second-order valence-electron chi connectivity index (χ2n) is 4.25. The van der Waals surface area contributed by atoms with Crippen LogP contribution in [0.3, 0.4) is 0 Å². The highest BCUT2D eigenvalue weighted by Gasteiger charge is 2.04. The first-order valence-electron chi connectivity index (χ1n) is 5.54. The number of hydrogen-bond acceptors (Lipinski definition) is 3. The molecule has 0 bridgehead atoms. The van der Waals surface area contributed by atoms with E-state index in [0.29, 0.717) is 0 Å². The fourth-order valence-electron chi connectivity index (χ4n) is 1.70. The highest BCUT2D eigenvalue weighted by atomic mass is 32.2. The Bertz CT molecular complexity index is 530. The molecule has 2 nitrogen and oxygen atoms in total. The van der Waals surface area contributed by atoms with Crippen LogP contribution in [0.1, 0.15) is 16.8 Å². The lowest BCUT2D eigenvalue weighted by molar-refractivity contribution is 1.04. The van der Waals surface area contributed by atoms with Gasteiger partial charge in [0, 0.05) is 16.3 Å². The van der Waals surface area contributed by atoms with E-state index >= 15 is 0 Å². The summed E-state index contributed by atoms with van der Waals surface area (Å²) in [5.41, 5.74) is 10.1. The number of aryl methyl sites for hydroxylation is 3. The van der Waals surface area contributed by atoms with Crippen LogP contribution < -0.4 is 5.73 Å². The molecule has 1 aromatic carbocycles. The number of nitrogens with zero attached hydrogens (tertiary/aromatic N) is 1. The molecule has 0 aliphatic carbocycles. The number of benzene rings is 1. The summed E-state index contributed by atoms with van der Waals surface area (Å²) in [6.45, 7) is 6.19. The van der Waals surface area contributed by atoms with Crippen molar-refractivity contribution in [1.82, 2.24) is 4.98 Å². The van der Waals surface area contributed by atoms with E-state index < -0.39 is 0 Å². The third kappa shape index (κ3) is 3.01. The number of pyridine rings is 1. The standard InChI is InChI=1S/C14H16N2S/c1-9-6-11(3)16-14(7-9)17-13-8-12(15)5-4-10(13)2/h4-8H,15H2,1-3H3. The van der Waals surface area contributed by atoms with E-state index in [1.165, 1.54) is 16.0 Å². The molecule has 0 radical (unpaired) electrons. The largest absolute Gasteiger partial charge is 0.399 e. The zero-order chi connectivity index (χ0) is 12.4. The molecule has 0 amide bonds. The quantitative estimate of drug-likeness (QED) is 0.818. The molecule has 2 aromatic rings. The molecule has 88 valence electrons. The SMILES string of the molecule is Cc1cc(C)nc(Sc2cc(N)ccc2C)c1. The molecule has 2 N–H and O–H groups in total. The molecule has 2 rings (SSSR count). The van der Waals surface area contributed by atoms with Crippen LogP contribution in [0.5, 0.6) is 0 Å². The van der Waals surface area contributed by atoms with Crippen molar-refractivity contribution in [3.8, 4) is 0 Å². The smallest absolute Gasteiger partial charge is 0.101 e. The average Bonchev–Trinajstić information content (AvgIpc) is 2.22. The fourth-order valence-corrected chi connectivity index (χ4v) is 2.78. The Morgan fingerprint density at radius 3 is 2.53 bits per heavy atom. The lowest BCUT2D eigenvalue weighted by atomic mass is 10.2. The Hall–Kier alpha value is -1.48. The minimum Gasteiger partial charge on any atom is -0.399 e. The van der Waals surface area contributed by atoms with Crippen LogP contribution in [-0.2, 0) is 0 Å². The molecule has 3 heteroatoms. The predicted octanol–water partition coefficient (Wildman–Crippen LogP) is 3.74. The Morgan fingerprint density at radius 1 is 1.06 bits per heavy atom. The van der Waals surface area contributed by atoms with Gasteiger partial charge in [0.05, 0.1) is 0 Å². The molecule has 0 fully saturated rings. The topological polar surface area (TPSA) is 38.9 Å². The van der Waals surface area contributed by atoms with Crippen LogP contribution in [0.2, 0.25) is 0 Å². The minimum atomic E-state index is 0.794. The van der Waals surface area contributed by atoms with Crippen LogP contribution in [-0.4, -0.2) is 4.98 Å². The zero-order valence-electron chi connectivity index (χ0n) is 10.3. The molecule has 0 saturated carbocycles. The number of rotatable bonds is 2. The molecule has 17 heavy (non-hydrogen) atoms. The van der Waals surface area contributed by atoms with Crippen molar-refractivity contribution in [3.05, 3.63) is 47.2 Å². The summed E-state index contributed by atoms with van der Waals surface area (Å²) in [4.78, 5) is 5.69. The van der Waals surface area contributed by atoms with Crippen molar-refractivity contribution in [2.75, 3.05) is 5.73 Å². The third-order valence-corrected chi connectivity index (χ3v) is 3.58. The van der Waals surface area contributed by atoms with Crippen molar-refractivity contribution in [2.24, 2.45) is 0 Å². The van der Waals surface area contributed by atoms with Crippen molar-refractivity contribution in [2.45, 2.75) is 30.7 Å². The van der Waals surface area contributed by atoms with Gasteiger partial charge in [0.2, 0.25) is 0 Å². The van der Waals surface area contributed by atoms with E-state index in [4.69, 9.17) is 5.73 Å². The lowest BCUT2D eigenvalue weighted by Crippen LogP contribution is -1.90. The van der Waals surface area contributed by atoms with Crippen LogP contribution in [0.4, 0.5) is 5.69 Å². The summed E-state index contributed by atoms with van der Waals surface area (Å²) in [5.74, 6) is 0. The summed E-state index contributed by atoms with van der Waals surface area (Å²) < 4.78 is 0. The van der Waals surface area contributed by atoms with Crippen LogP contribution in [0, 0.1) is 20.8 Å². The Kier molecular flexibility index (Phi) is 3.38. The molecule has 0 atom stereocenters. The first kappa shape index (κ1) is 12.0. The summed E-state index contributed by atoms with van der Waals surface area (Å²) >= 11 is 1.67. The molecule has 0 unspecified atom stereocenters. The van der Waals surface area contributed by atoms with E-state index in [1.807, 2.05) is 25.1 Å². The summed E-state index contributed by atoms with van der Waals surface area (Å²) in [6.07, 6.45) is 0. The monoisotopic (exact) mass is 244 g/mol. The molecule has 0 saturated heterocycles. The molecule has 1 heterocycles. The fraction of sp³-hybridized carbons (Fsp3) is 0.214. The van der Waals surface area contributed by atoms with Crippen LogP contribution >= 0.6 is 11.8 Å². The van der Waals surface area contributed by atoms with Gasteiger partial charge < -0.3 is 5.73 Å². The molecule has 1 aromatic heterocycles. The molecule has 0 aliphatic rings. The number of aromatic nitrogens is 1. The summed E-state index contributed by atoms with van der Waals surface area (Å²) in [5, 5.41) is 1.02. The maximum Gasteiger partial charge on any atom is 0.101 e. The lowest BCUT2D eigenvalue weighted by Gasteiger charge is -2.07. The highest BCUT2D eigenvalue weighted by molar-refractivity contribution is 7.99. The normalized spacial score (nSPS) is 10.5. The minimum absolute atomic E-state index is 0.794. The Morgan fingerprint density at radius 2 is 1.82 bits per heavy atom. The van der Waals surface area contributed by atoms with Gasteiger partial charge in [0.15, 0.2) is 0 Å². The molecule has 0 spiro atoms. The van der Waals surface area contributed by atoms with Crippen molar-refractivity contribution < 1.29 is 0 Å². The number of anilines is 1. The van der Waals surface area contributed by atoms with Gasteiger partial charge in [-0.1, -0.05) is 17.8 Å². The van der Waals surface area contributed by atoms with E-state index in [0.717, 1.165) is 16.4 Å². The first-order chi connectivity index (χ1) is 8.04. The number of nitrogens with two attached hydrogens (primary N) is 1. The molecular formula is C14H16N2S. The van der Waals surface area contributed by atoms with Gasteiger partial charge in [-0.3, -0.25) is 0 Å². The molecule has 0 aliphatic heterocycles. The third-order valence-electron chi connectivity index (χ3n) is 2.50. The summed E-state index contributed by atoms with van der Waals surface area (Å²) in [6, 6.07) is 10.1. The van der Waals surface area contributed by atoms with E-state index in [-0.39, 0.29) is 0 Å². The van der Waals surface area contributed by atoms with Crippen molar-refractivity contribution >= 4 is 17.4 Å². The second kappa shape index (κ2) is 4.80.